The average Bonchev–Trinajstić information content (AvgIpc) is 2.82. The zero-order chi connectivity index (χ0) is 11.6. The molecule has 1 saturated carbocycles. The van der Waals surface area contributed by atoms with Gasteiger partial charge in [-0.05, 0) is 24.7 Å². The van der Waals surface area contributed by atoms with Gasteiger partial charge in [0.15, 0.2) is 0 Å². The van der Waals surface area contributed by atoms with Gasteiger partial charge in [-0.25, -0.2) is 13.1 Å². The summed E-state index contributed by atoms with van der Waals surface area (Å²) in [4.78, 5) is 10.8. The highest BCUT2D eigenvalue weighted by Crippen LogP contribution is 2.30. The number of hydrogen-bond acceptors (Lipinski definition) is 3. The van der Waals surface area contributed by atoms with Crippen molar-refractivity contribution in [2.24, 2.45) is 11.8 Å². The molecule has 0 radical (unpaired) electrons. The Morgan fingerprint density at radius 1 is 1.47 bits per heavy atom. The van der Waals surface area contributed by atoms with Crippen LogP contribution < -0.4 is 4.72 Å². The third kappa shape index (κ3) is 4.17. The zero-order valence-corrected chi connectivity index (χ0v) is 9.75. The first kappa shape index (κ1) is 12.4. The minimum absolute atomic E-state index is 0.0590. The van der Waals surface area contributed by atoms with E-state index in [4.69, 9.17) is 5.11 Å². The SMILES string of the molecule is CC(C)[C@@H](NS(=O)(=O)CC1CC1)C(=O)O. The number of carbonyl (C=O) groups is 1. The third-order valence-corrected chi connectivity index (χ3v) is 3.91. The van der Waals surface area contributed by atoms with Gasteiger partial charge >= 0.3 is 5.97 Å². The van der Waals surface area contributed by atoms with E-state index in [9.17, 15) is 13.2 Å². The molecule has 0 aromatic rings. The topological polar surface area (TPSA) is 83.5 Å². The van der Waals surface area contributed by atoms with Crippen LogP contribution in [-0.4, -0.2) is 31.3 Å². The molecule has 0 aliphatic heterocycles. The molecule has 1 fully saturated rings. The van der Waals surface area contributed by atoms with Crippen LogP contribution in [0.3, 0.4) is 0 Å². The lowest BCUT2D eigenvalue weighted by Crippen LogP contribution is -2.45. The van der Waals surface area contributed by atoms with Gasteiger partial charge in [-0.2, -0.15) is 0 Å². The third-order valence-electron chi connectivity index (χ3n) is 2.39. The van der Waals surface area contributed by atoms with Crippen molar-refractivity contribution in [2.75, 3.05) is 5.75 Å². The van der Waals surface area contributed by atoms with Crippen LogP contribution in [0.25, 0.3) is 0 Å². The van der Waals surface area contributed by atoms with Crippen molar-refractivity contribution < 1.29 is 18.3 Å². The fourth-order valence-electron chi connectivity index (χ4n) is 1.31. The second-order valence-corrected chi connectivity index (χ2v) is 6.20. The highest BCUT2D eigenvalue weighted by Gasteiger charge is 2.32. The Balaban J connectivity index is 2.59. The monoisotopic (exact) mass is 235 g/mol. The largest absolute Gasteiger partial charge is 0.480 e. The van der Waals surface area contributed by atoms with E-state index in [-0.39, 0.29) is 17.6 Å². The molecule has 15 heavy (non-hydrogen) atoms. The van der Waals surface area contributed by atoms with Gasteiger partial charge in [0.05, 0.1) is 5.75 Å². The van der Waals surface area contributed by atoms with Gasteiger partial charge in [0.1, 0.15) is 6.04 Å². The Hall–Kier alpha value is -0.620. The van der Waals surface area contributed by atoms with Crippen molar-refractivity contribution in [1.82, 2.24) is 4.72 Å². The minimum Gasteiger partial charge on any atom is -0.480 e. The maximum absolute atomic E-state index is 11.5. The molecule has 0 unspecified atom stereocenters. The summed E-state index contributed by atoms with van der Waals surface area (Å²) < 4.78 is 25.3. The summed E-state index contributed by atoms with van der Waals surface area (Å²) in [6, 6.07) is -1.02. The molecule has 0 heterocycles. The summed E-state index contributed by atoms with van der Waals surface area (Å²) in [6.07, 6.45) is 1.86. The lowest BCUT2D eigenvalue weighted by molar-refractivity contribution is -0.140. The first-order valence-electron chi connectivity index (χ1n) is 5.04. The lowest BCUT2D eigenvalue weighted by atomic mass is 10.1. The summed E-state index contributed by atoms with van der Waals surface area (Å²) in [5.41, 5.74) is 0. The van der Waals surface area contributed by atoms with E-state index in [0.717, 1.165) is 12.8 Å². The highest BCUT2D eigenvalue weighted by molar-refractivity contribution is 7.89. The maximum Gasteiger partial charge on any atom is 0.321 e. The fraction of sp³-hybridized carbons (Fsp3) is 0.889. The van der Waals surface area contributed by atoms with E-state index in [0.29, 0.717) is 0 Å². The molecule has 0 bridgehead atoms. The molecule has 0 saturated heterocycles. The van der Waals surface area contributed by atoms with Gasteiger partial charge in [-0.15, -0.1) is 0 Å². The lowest BCUT2D eigenvalue weighted by Gasteiger charge is -2.17. The quantitative estimate of drug-likeness (QED) is 0.699. The van der Waals surface area contributed by atoms with E-state index < -0.39 is 22.0 Å². The molecule has 1 rings (SSSR count). The number of rotatable bonds is 6. The van der Waals surface area contributed by atoms with Crippen LogP contribution >= 0.6 is 0 Å². The second-order valence-electron chi connectivity index (χ2n) is 4.40. The summed E-state index contributed by atoms with van der Waals surface area (Å²) in [6.45, 7) is 3.36. The van der Waals surface area contributed by atoms with Gasteiger partial charge in [0.25, 0.3) is 0 Å². The van der Waals surface area contributed by atoms with Crippen LogP contribution in [0.4, 0.5) is 0 Å². The number of carboxylic acids is 1. The fourth-order valence-corrected chi connectivity index (χ4v) is 3.12. The van der Waals surface area contributed by atoms with Crippen LogP contribution in [0.1, 0.15) is 26.7 Å². The number of hydrogen-bond donors (Lipinski definition) is 2. The average molecular weight is 235 g/mol. The molecule has 1 aliphatic rings. The molecular formula is C9H17NO4S. The summed E-state index contributed by atoms with van der Waals surface area (Å²) >= 11 is 0. The van der Waals surface area contributed by atoms with Crippen molar-refractivity contribution in [3.8, 4) is 0 Å². The molecule has 5 nitrogen and oxygen atoms in total. The Labute approximate surface area is 89.9 Å². The summed E-state index contributed by atoms with van der Waals surface area (Å²) in [5, 5.41) is 8.83. The number of carboxylic acid groups (broad SMARTS) is 1. The first-order valence-corrected chi connectivity index (χ1v) is 6.70. The second kappa shape index (κ2) is 4.49. The van der Waals surface area contributed by atoms with E-state index in [1.165, 1.54) is 0 Å². The van der Waals surface area contributed by atoms with Crippen molar-refractivity contribution in [1.29, 1.82) is 0 Å². The molecule has 1 aliphatic carbocycles. The highest BCUT2D eigenvalue weighted by atomic mass is 32.2. The minimum atomic E-state index is -3.44. The Bertz CT molecular complexity index is 332. The van der Waals surface area contributed by atoms with E-state index in [1.807, 2.05) is 0 Å². The van der Waals surface area contributed by atoms with Crippen molar-refractivity contribution in [2.45, 2.75) is 32.7 Å². The number of nitrogens with one attached hydrogen (secondary N) is 1. The van der Waals surface area contributed by atoms with Gasteiger partial charge in [-0.3, -0.25) is 4.79 Å². The van der Waals surface area contributed by atoms with Gasteiger partial charge in [0.2, 0.25) is 10.0 Å². The predicted molar refractivity (Wildman–Crippen MR) is 55.9 cm³/mol. The van der Waals surface area contributed by atoms with Crippen molar-refractivity contribution >= 4 is 16.0 Å². The summed E-state index contributed by atoms with van der Waals surface area (Å²) in [7, 11) is -3.44. The van der Waals surface area contributed by atoms with Crippen LogP contribution in [0.15, 0.2) is 0 Å². The van der Waals surface area contributed by atoms with Crippen LogP contribution in [0.2, 0.25) is 0 Å². The Morgan fingerprint density at radius 2 is 2.00 bits per heavy atom. The van der Waals surface area contributed by atoms with E-state index in [1.54, 1.807) is 13.8 Å². The van der Waals surface area contributed by atoms with Gasteiger partial charge < -0.3 is 5.11 Å². The smallest absolute Gasteiger partial charge is 0.321 e. The Kier molecular flexibility index (Phi) is 3.72. The number of sulfonamides is 1. The van der Waals surface area contributed by atoms with Crippen LogP contribution in [0, 0.1) is 11.8 Å². The maximum atomic E-state index is 11.5. The molecule has 6 heteroatoms. The van der Waals surface area contributed by atoms with E-state index in [2.05, 4.69) is 4.72 Å². The van der Waals surface area contributed by atoms with Crippen LogP contribution in [0.5, 0.6) is 0 Å². The molecular weight excluding hydrogens is 218 g/mol. The molecule has 2 N–H and O–H groups in total. The van der Waals surface area contributed by atoms with Gasteiger partial charge in [-0.1, -0.05) is 13.8 Å². The molecule has 1 atom stereocenters. The van der Waals surface area contributed by atoms with E-state index >= 15 is 0 Å². The molecule has 0 aromatic carbocycles. The Morgan fingerprint density at radius 3 is 2.33 bits per heavy atom. The molecule has 88 valence electrons. The zero-order valence-electron chi connectivity index (χ0n) is 8.93. The predicted octanol–water partition coefficient (Wildman–Crippen LogP) is 0.425. The first-order chi connectivity index (χ1) is 6.82. The normalized spacial score (nSPS) is 19.1. The standard InChI is InChI=1S/C9H17NO4S/c1-6(2)8(9(11)12)10-15(13,14)5-7-3-4-7/h6-8,10H,3-5H2,1-2H3,(H,11,12)/t8-/m1/s1. The molecule has 0 amide bonds. The molecule has 0 spiro atoms. The number of aliphatic carboxylic acids is 1. The van der Waals surface area contributed by atoms with Crippen molar-refractivity contribution in [3.63, 3.8) is 0 Å². The van der Waals surface area contributed by atoms with Crippen LogP contribution in [-0.2, 0) is 14.8 Å². The molecule has 0 aromatic heterocycles. The van der Waals surface area contributed by atoms with Crippen molar-refractivity contribution in [3.05, 3.63) is 0 Å². The van der Waals surface area contributed by atoms with Gasteiger partial charge in [0, 0.05) is 0 Å². The summed E-state index contributed by atoms with van der Waals surface area (Å²) in [5.74, 6) is -1.09.